The van der Waals surface area contributed by atoms with E-state index in [2.05, 4.69) is 5.16 Å². The first kappa shape index (κ1) is 16.8. The summed E-state index contributed by atoms with van der Waals surface area (Å²) in [4.78, 5) is 13.4. The molecule has 0 bridgehead atoms. The lowest BCUT2D eigenvalue weighted by Gasteiger charge is -2.17. The van der Waals surface area contributed by atoms with E-state index in [0.29, 0.717) is 24.5 Å². The SMILES string of the molecule is COCCCN(C)C(=O)COc1ccc(C(N)=NO)cc1. The summed E-state index contributed by atoms with van der Waals surface area (Å²) in [6.45, 7) is 1.21. The lowest BCUT2D eigenvalue weighted by atomic mass is 10.2. The minimum atomic E-state index is -0.105. The first-order chi connectivity index (χ1) is 10.1. The molecule has 0 saturated carbocycles. The van der Waals surface area contributed by atoms with Gasteiger partial charge in [0.2, 0.25) is 0 Å². The fourth-order valence-electron chi connectivity index (χ4n) is 1.61. The van der Waals surface area contributed by atoms with Gasteiger partial charge in [0.05, 0.1) is 0 Å². The maximum absolute atomic E-state index is 11.8. The Morgan fingerprint density at radius 2 is 2.05 bits per heavy atom. The van der Waals surface area contributed by atoms with Gasteiger partial charge in [-0.2, -0.15) is 0 Å². The molecule has 1 rings (SSSR count). The van der Waals surface area contributed by atoms with Crippen LogP contribution in [0, 0.1) is 0 Å². The van der Waals surface area contributed by atoms with Gasteiger partial charge in [0.25, 0.3) is 5.91 Å². The Morgan fingerprint density at radius 3 is 2.62 bits per heavy atom. The van der Waals surface area contributed by atoms with Gasteiger partial charge >= 0.3 is 0 Å². The molecule has 0 saturated heterocycles. The molecule has 3 N–H and O–H groups in total. The molecule has 0 aliphatic rings. The van der Waals surface area contributed by atoms with Crippen LogP contribution >= 0.6 is 0 Å². The van der Waals surface area contributed by atoms with Crippen LogP contribution in [0.4, 0.5) is 0 Å². The predicted molar refractivity (Wildman–Crippen MR) is 78.6 cm³/mol. The standard InChI is InChI=1S/C14H21N3O4/c1-17(8-3-9-20-2)13(18)10-21-12-6-4-11(5-7-12)14(15)16-19/h4-7,19H,3,8-10H2,1-2H3,(H2,15,16). The summed E-state index contributed by atoms with van der Waals surface area (Å²) in [5.41, 5.74) is 6.03. The zero-order chi connectivity index (χ0) is 15.7. The van der Waals surface area contributed by atoms with Crippen LogP contribution in [0.1, 0.15) is 12.0 Å². The first-order valence-corrected chi connectivity index (χ1v) is 6.52. The van der Waals surface area contributed by atoms with E-state index >= 15 is 0 Å². The number of amidine groups is 1. The zero-order valence-corrected chi connectivity index (χ0v) is 12.3. The van der Waals surface area contributed by atoms with Crippen molar-refractivity contribution in [1.29, 1.82) is 0 Å². The number of methoxy groups -OCH3 is 1. The summed E-state index contributed by atoms with van der Waals surface area (Å²) in [5, 5.41) is 11.5. The van der Waals surface area contributed by atoms with Crippen LogP contribution in [0.15, 0.2) is 29.4 Å². The highest BCUT2D eigenvalue weighted by molar-refractivity contribution is 5.97. The average molecular weight is 295 g/mol. The fraction of sp³-hybridized carbons (Fsp3) is 0.429. The van der Waals surface area contributed by atoms with Crippen LogP contribution in [0.3, 0.4) is 0 Å². The summed E-state index contributed by atoms with van der Waals surface area (Å²) >= 11 is 0. The maximum Gasteiger partial charge on any atom is 0.260 e. The van der Waals surface area contributed by atoms with Crippen molar-refractivity contribution < 1.29 is 19.5 Å². The summed E-state index contributed by atoms with van der Waals surface area (Å²) < 4.78 is 10.3. The Labute approximate surface area is 123 Å². The summed E-state index contributed by atoms with van der Waals surface area (Å²) in [6, 6.07) is 6.62. The molecule has 0 radical (unpaired) electrons. The third-order valence-corrected chi connectivity index (χ3v) is 2.89. The number of amides is 1. The normalized spacial score (nSPS) is 11.2. The second kappa shape index (κ2) is 8.80. The highest BCUT2D eigenvalue weighted by Crippen LogP contribution is 2.12. The van der Waals surface area contributed by atoms with Crippen molar-refractivity contribution in [1.82, 2.24) is 4.90 Å². The van der Waals surface area contributed by atoms with Gasteiger partial charge in [-0.3, -0.25) is 4.79 Å². The smallest absolute Gasteiger partial charge is 0.260 e. The molecule has 0 heterocycles. The Hall–Kier alpha value is -2.28. The van der Waals surface area contributed by atoms with Crippen LogP contribution in [0.2, 0.25) is 0 Å². The number of nitrogens with two attached hydrogens (primary N) is 1. The van der Waals surface area contributed by atoms with Crippen LogP contribution in [0.5, 0.6) is 5.75 Å². The Morgan fingerprint density at radius 1 is 1.38 bits per heavy atom. The van der Waals surface area contributed by atoms with Crippen molar-refractivity contribution in [2.24, 2.45) is 10.9 Å². The number of oxime groups is 1. The van der Waals surface area contributed by atoms with Crippen LogP contribution in [-0.4, -0.2) is 55.8 Å². The molecule has 1 aromatic carbocycles. The number of hydrogen-bond acceptors (Lipinski definition) is 5. The molecular weight excluding hydrogens is 274 g/mol. The maximum atomic E-state index is 11.8. The molecule has 0 fully saturated rings. The lowest BCUT2D eigenvalue weighted by Crippen LogP contribution is -2.32. The number of likely N-dealkylation sites (N-methyl/N-ethyl adjacent to an activating group) is 1. The molecule has 21 heavy (non-hydrogen) atoms. The zero-order valence-electron chi connectivity index (χ0n) is 12.3. The second-order valence-corrected chi connectivity index (χ2v) is 4.46. The number of hydrogen-bond donors (Lipinski definition) is 2. The number of carbonyl (C=O) groups is 1. The van der Waals surface area contributed by atoms with Crippen molar-refractivity contribution >= 4 is 11.7 Å². The number of rotatable bonds is 8. The predicted octanol–water partition coefficient (Wildman–Crippen LogP) is 0.655. The van der Waals surface area contributed by atoms with Gasteiger partial charge in [-0.05, 0) is 30.7 Å². The first-order valence-electron chi connectivity index (χ1n) is 6.52. The molecule has 0 aliphatic heterocycles. The molecule has 1 amide bonds. The number of nitrogens with zero attached hydrogens (tertiary/aromatic N) is 2. The molecule has 7 heteroatoms. The minimum Gasteiger partial charge on any atom is -0.484 e. The molecule has 0 spiro atoms. The number of benzene rings is 1. The Kier molecular flexibility index (Phi) is 7.03. The van der Waals surface area contributed by atoms with Gasteiger partial charge in [0.1, 0.15) is 5.75 Å². The fourth-order valence-corrected chi connectivity index (χ4v) is 1.61. The minimum absolute atomic E-state index is 0.0236. The van der Waals surface area contributed by atoms with Gasteiger partial charge in [-0.15, -0.1) is 0 Å². The van der Waals surface area contributed by atoms with Crippen molar-refractivity contribution in [3.05, 3.63) is 29.8 Å². The van der Waals surface area contributed by atoms with Gasteiger partial charge in [0.15, 0.2) is 12.4 Å². The van der Waals surface area contributed by atoms with Crippen molar-refractivity contribution in [3.8, 4) is 5.75 Å². The van der Waals surface area contributed by atoms with Gasteiger partial charge in [-0.1, -0.05) is 5.16 Å². The second-order valence-electron chi connectivity index (χ2n) is 4.46. The summed E-state index contributed by atoms with van der Waals surface area (Å²) in [6.07, 6.45) is 0.785. The summed E-state index contributed by atoms with van der Waals surface area (Å²) in [7, 11) is 3.35. The number of carbonyl (C=O) groups excluding carboxylic acids is 1. The van der Waals surface area contributed by atoms with E-state index in [0.717, 1.165) is 6.42 Å². The van der Waals surface area contributed by atoms with Crippen molar-refractivity contribution in [2.75, 3.05) is 33.9 Å². The quantitative estimate of drug-likeness (QED) is 0.241. The van der Waals surface area contributed by atoms with E-state index in [1.54, 1.807) is 43.3 Å². The van der Waals surface area contributed by atoms with E-state index < -0.39 is 0 Å². The number of ether oxygens (including phenoxy) is 2. The molecule has 0 unspecified atom stereocenters. The van der Waals surface area contributed by atoms with E-state index in [9.17, 15) is 4.79 Å². The van der Waals surface area contributed by atoms with Crippen molar-refractivity contribution in [2.45, 2.75) is 6.42 Å². The Balaban J connectivity index is 2.42. The molecular formula is C14H21N3O4. The molecule has 7 nitrogen and oxygen atoms in total. The van der Waals surface area contributed by atoms with Crippen LogP contribution in [0.25, 0.3) is 0 Å². The third-order valence-electron chi connectivity index (χ3n) is 2.89. The third kappa shape index (κ3) is 5.70. The highest BCUT2D eigenvalue weighted by Gasteiger charge is 2.09. The molecule has 1 aromatic rings. The van der Waals surface area contributed by atoms with E-state index in [1.807, 2.05) is 0 Å². The Bertz CT molecular complexity index is 474. The van der Waals surface area contributed by atoms with E-state index in [-0.39, 0.29) is 18.3 Å². The molecule has 0 atom stereocenters. The van der Waals surface area contributed by atoms with Gasteiger partial charge in [0, 0.05) is 32.9 Å². The summed E-state index contributed by atoms with van der Waals surface area (Å²) in [5.74, 6) is 0.463. The van der Waals surface area contributed by atoms with Crippen LogP contribution < -0.4 is 10.5 Å². The molecule has 116 valence electrons. The van der Waals surface area contributed by atoms with Gasteiger partial charge < -0.3 is 25.3 Å². The van der Waals surface area contributed by atoms with E-state index in [1.165, 1.54) is 0 Å². The highest BCUT2D eigenvalue weighted by atomic mass is 16.5. The molecule has 0 aliphatic carbocycles. The topological polar surface area (TPSA) is 97.4 Å². The van der Waals surface area contributed by atoms with E-state index in [4.69, 9.17) is 20.4 Å². The molecule has 0 aromatic heterocycles. The van der Waals surface area contributed by atoms with Gasteiger partial charge in [-0.25, -0.2) is 0 Å². The average Bonchev–Trinajstić information content (AvgIpc) is 2.52. The lowest BCUT2D eigenvalue weighted by molar-refractivity contribution is -0.132. The van der Waals surface area contributed by atoms with Crippen molar-refractivity contribution in [3.63, 3.8) is 0 Å². The van der Waals surface area contributed by atoms with Crippen LogP contribution in [-0.2, 0) is 9.53 Å². The largest absolute Gasteiger partial charge is 0.484 e. The monoisotopic (exact) mass is 295 g/mol.